The molecule has 0 aliphatic carbocycles. The average Bonchev–Trinajstić information content (AvgIpc) is 2.76. The third-order valence-electron chi connectivity index (χ3n) is 4.05. The molecule has 2 heteroatoms. The van der Waals surface area contributed by atoms with Crippen molar-refractivity contribution in [2.75, 3.05) is 4.90 Å². The molecule has 1 aliphatic heterocycles. The van der Waals surface area contributed by atoms with Crippen molar-refractivity contribution >= 4 is 11.6 Å². The van der Waals surface area contributed by atoms with Crippen LogP contribution in [0.4, 0.5) is 5.69 Å². The monoisotopic (exact) mass is 265 g/mol. The van der Waals surface area contributed by atoms with Gasteiger partial charge in [-0.3, -0.25) is 4.79 Å². The van der Waals surface area contributed by atoms with Crippen LogP contribution >= 0.6 is 0 Å². The zero-order valence-corrected chi connectivity index (χ0v) is 12.2. The first kappa shape index (κ1) is 12.9. The molecule has 0 spiro atoms. The van der Waals surface area contributed by atoms with Crippen LogP contribution in [-0.4, -0.2) is 11.9 Å². The molecule has 0 bridgehead atoms. The van der Waals surface area contributed by atoms with E-state index >= 15 is 0 Å². The van der Waals surface area contributed by atoms with E-state index < -0.39 is 0 Å². The molecule has 0 unspecified atom stereocenters. The molecule has 1 aliphatic rings. The minimum atomic E-state index is 0.114. The summed E-state index contributed by atoms with van der Waals surface area (Å²) in [5.74, 6) is 0.114. The summed E-state index contributed by atoms with van der Waals surface area (Å²) in [6.45, 7) is 6.14. The molecule has 0 fully saturated rings. The molecule has 0 saturated heterocycles. The second-order valence-corrected chi connectivity index (χ2v) is 5.68. The zero-order chi connectivity index (χ0) is 14.3. The Morgan fingerprint density at radius 3 is 2.70 bits per heavy atom. The quantitative estimate of drug-likeness (QED) is 0.766. The predicted molar refractivity (Wildman–Crippen MR) is 82.3 cm³/mol. The van der Waals surface area contributed by atoms with E-state index in [4.69, 9.17) is 0 Å². The summed E-state index contributed by atoms with van der Waals surface area (Å²) in [5.41, 5.74) is 5.30. The van der Waals surface area contributed by atoms with E-state index in [0.29, 0.717) is 0 Å². The molecule has 0 saturated carbocycles. The smallest absolute Gasteiger partial charge is 0.258 e. The maximum Gasteiger partial charge on any atom is 0.258 e. The van der Waals surface area contributed by atoms with Crippen LogP contribution in [0.1, 0.15) is 34.0 Å². The Hall–Kier alpha value is -2.09. The molecule has 2 nitrogen and oxygen atoms in total. The Balaban J connectivity index is 2.05. The van der Waals surface area contributed by atoms with Gasteiger partial charge in [0.2, 0.25) is 0 Å². The molecule has 2 aromatic carbocycles. The van der Waals surface area contributed by atoms with Crippen molar-refractivity contribution in [3.8, 4) is 0 Å². The number of anilines is 1. The van der Waals surface area contributed by atoms with E-state index in [9.17, 15) is 4.79 Å². The van der Waals surface area contributed by atoms with Gasteiger partial charge >= 0.3 is 0 Å². The molecule has 1 heterocycles. The van der Waals surface area contributed by atoms with Gasteiger partial charge in [-0.1, -0.05) is 35.9 Å². The number of nitrogens with zero attached hydrogens (tertiary/aromatic N) is 1. The van der Waals surface area contributed by atoms with Crippen LogP contribution in [0.25, 0.3) is 0 Å². The normalized spacial score (nSPS) is 17.1. The van der Waals surface area contributed by atoms with Gasteiger partial charge in [0.15, 0.2) is 0 Å². The minimum Gasteiger partial charge on any atom is -0.305 e. The molecule has 20 heavy (non-hydrogen) atoms. The highest BCUT2D eigenvalue weighted by Crippen LogP contribution is 2.33. The van der Waals surface area contributed by atoms with Crippen molar-refractivity contribution in [2.24, 2.45) is 0 Å². The number of carbonyl (C=O) groups is 1. The average molecular weight is 265 g/mol. The Bertz CT molecular complexity index is 675. The predicted octanol–water partition coefficient (Wildman–Crippen LogP) is 3.89. The maximum absolute atomic E-state index is 12.9. The van der Waals surface area contributed by atoms with Gasteiger partial charge in [0.25, 0.3) is 5.91 Å². The lowest BCUT2D eigenvalue weighted by atomic mass is 10.0. The van der Waals surface area contributed by atoms with E-state index in [-0.39, 0.29) is 11.9 Å². The summed E-state index contributed by atoms with van der Waals surface area (Å²) < 4.78 is 0. The van der Waals surface area contributed by atoms with Crippen LogP contribution in [0, 0.1) is 13.8 Å². The van der Waals surface area contributed by atoms with Crippen LogP contribution < -0.4 is 4.90 Å². The van der Waals surface area contributed by atoms with Crippen molar-refractivity contribution in [1.82, 2.24) is 0 Å². The van der Waals surface area contributed by atoms with E-state index in [1.165, 1.54) is 5.56 Å². The molecule has 0 aromatic heterocycles. The van der Waals surface area contributed by atoms with E-state index in [1.807, 2.05) is 55.1 Å². The second kappa shape index (κ2) is 4.78. The van der Waals surface area contributed by atoms with Gasteiger partial charge in [-0.2, -0.15) is 0 Å². The number of fused-ring (bicyclic) bond motifs is 1. The van der Waals surface area contributed by atoms with Crippen molar-refractivity contribution in [2.45, 2.75) is 33.2 Å². The first-order valence-electron chi connectivity index (χ1n) is 7.06. The van der Waals surface area contributed by atoms with Crippen LogP contribution in [0.5, 0.6) is 0 Å². The zero-order valence-electron chi connectivity index (χ0n) is 12.2. The number of hydrogen-bond acceptors (Lipinski definition) is 1. The summed E-state index contributed by atoms with van der Waals surface area (Å²) in [6, 6.07) is 14.5. The highest BCUT2D eigenvalue weighted by molar-refractivity contribution is 6.08. The summed E-state index contributed by atoms with van der Waals surface area (Å²) in [5, 5.41) is 0. The first-order valence-corrected chi connectivity index (χ1v) is 7.06. The molecule has 102 valence electrons. The Morgan fingerprint density at radius 1 is 1.15 bits per heavy atom. The van der Waals surface area contributed by atoms with Gasteiger partial charge in [-0.25, -0.2) is 0 Å². The minimum absolute atomic E-state index is 0.114. The number of aryl methyl sites for hydroxylation is 2. The summed E-state index contributed by atoms with van der Waals surface area (Å²) in [7, 11) is 0. The highest BCUT2D eigenvalue weighted by atomic mass is 16.2. The number of para-hydroxylation sites is 1. The van der Waals surface area contributed by atoms with Crippen LogP contribution in [0.3, 0.4) is 0 Å². The lowest BCUT2D eigenvalue weighted by Crippen LogP contribution is -2.36. The fraction of sp³-hybridized carbons (Fsp3) is 0.278. The van der Waals surface area contributed by atoms with E-state index in [1.54, 1.807) is 0 Å². The lowest BCUT2D eigenvalue weighted by molar-refractivity contribution is 0.0981. The maximum atomic E-state index is 12.9. The van der Waals surface area contributed by atoms with Crippen LogP contribution in [0.15, 0.2) is 42.5 Å². The molecule has 1 atom stereocenters. The fourth-order valence-electron chi connectivity index (χ4n) is 2.97. The third kappa shape index (κ3) is 2.01. The molecule has 2 aromatic rings. The molecular weight excluding hydrogens is 246 g/mol. The molecule has 3 rings (SSSR count). The number of amides is 1. The van der Waals surface area contributed by atoms with Gasteiger partial charge < -0.3 is 4.90 Å². The first-order chi connectivity index (χ1) is 9.58. The number of benzene rings is 2. The highest BCUT2D eigenvalue weighted by Gasteiger charge is 2.31. The van der Waals surface area contributed by atoms with Crippen molar-refractivity contribution in [1.29, 1.82) is 0 Å². The van der Waals surface area contributed by atoms with E-state index in [0.717, 1.165) is 28.8 Å². The lowest BCUT2D eigenvalue weighted by Gasteiger charge is -2.23. The second-order valence-electron chi connectivity index (χ2n) is 5.68. The molecule has 1 amide bonds. The standard InChI is InChI=1S/C18H19NO/c1-12-8-9-13(2)16(10-12)18(20)19-14(3)11-15-6-4-5-7-17(15)19/h4-10,14H,11H2,1-3H3/t14-/m1/s1. The van der Waals surface area contributed by atoms with Crippen LogP contribution in [-0.2, 0) is 6.42 Å². The number of carbonyl (C=O) groups excluding carboxylic acids is 1. The van der Waals surface area contributed by atoms with Gasteiger partial charge in [0.05, 0.1) is 0 Å². The SMILES string of the molecule is Cc1ccc(C)c(C(=O)N2c3ccccc3C[C@H]2C)c1. The molecule has 0 N–H and O–H groups in total. The molecule has 0 radical (unpaired) electrons. The molecular formula is C18H19NO. The van der Waals surface area contributed by atoms with Gasteiger partial charge in [0, 0.05) is 17.3 Å². The largest absolute Gasteiger partial charge is 0.305 e. The number of rotatable bonds is 1. The van der Waals surface area contributed by atoms with Crippen molar-refractivity contribution in [3.05, 3.63) is 64.7 Å². The Labute approximate surface area is 120 Å². The van der Waals surface area contributed by atoms with Crippen molar-refractivity contribution < 1.29 is 4.79 Å². The third-order valence-corrected chi connectivity index (χ3v) is 4.05. The Kier molecular flexibility index (Phi) is 3.09. The topological polar surface area (TPSA) is 20.3 Å². The fourth-order valence-corrected chi connectivity index (χ4v) is 2.97. The Morgan fingerprint density at radius 2 is 1.90 bits per heavy atom. The van der Waals surface area contributed by atoms with Crippen LogP contribution in [0.2, 0.25) is 0 Å². The number of hydrogen-bond donors (Lipinski definition) is 0. The van der Waals surface area contributed by atoms with E-state index in [2.05, 4.69) is 13.0 Å². The van der Waals surface area contributed by atoms with Gasteiger partial charge in [-0.15, -0.1) is 0 Å². The summed E-state index contributed by atoms with van der Waals surface area (Å²) in [6.07, 6.45) is 0.937. The van der Waals surface area contributed by atoms with Gasteiger partial charge in [0.1, 0.15) is 0 Å². The van der Waals surface area contributed by atoms with Gasteiger partial charge in [-0.05, 0) is 50.5 Å². The van der Waals surface area contributed by atoms with Crippen molar-refractivity contribution in [3.63, 3.8) is 0 Å². The summed E-state index contributed by atoms with van der Waals surface area (Å²) >= 11 is 0. The summed E-state index contributed by atoms with van der Waals surface area (Å²) in [4.78, 5) is 14.9.